The van der Waals surface area contributed by atoms with Gasteiger partial charge in [-0.15, -0.1) is 0 Å². The van der Waals surface area contributed by atoms with E-state index in [1.54, 1.807) is 23.1 Å². The Kier molecular flexibility index (Phi) is 9.28. The highest BCUT2D eigenvalue weighted by molar-refractivity contribution is 5.98. The molecule has 3 amide bonds. The Balaban J connectivity index is 1.20. The number of hydrogen-bond donors (Lipinski definition) is 2. The number of amides is 3. The van der Waals surface area contributed by atoms with E-state index in [0.717, 1.165) is 26.2 Å². The quantitative estimate of drug-likeness (QED) is 0.422. The van der Waals surface area contributed by atoms with Crippen molar-refractivity contribution in [2.75, 3.05) is 58.2 Å². The van der Waals surface area contributed by atoms with Gasteiger partial charge in [-0.1, -0.05) is 72.8 Å². The van der Waals surface area contributed by atoms with Crippen LogP contribution in [0.15, 0.2) is 84.9 Å². The molecule has 2 aliphatic rings. The fourth-order valence-corrected chi connectivity index (χ4v) is 5.69. The number of para-hydroxylation sites is 2. The zero-order valence-electron chi connectivity index (χ0n) is 23.4. The van der Waals surface area contributed by atoms with Crippen LogP contribution in [0.1, 0.15) is 23.6 Å². The Labute approximate surface area is 241 Å². The molecule has 0 unspecified atom stereocenters. The van der Waals surface area contributed by atoms with Crippen LogP contribution in [0.4, 0.5) is 5.69 Å². The first-order chi connectivity index (χ1) is 20.0. The molecule has 0 saturated carbocycles. The molecule has 1 atom stereocenters. The summed E-state index contributed by atoms with van der Waals surface area (Å²) in [4.78, 5) is 45.3. The number of carbonyl (C=O) groups is 3. The minimum atomic E-state index is -0.854. The van der Waals surface area contributed by atoms with Gasteiger partial charge in [0.05, 0.1) is 31.8 Å². The number of carbonyl (C=O) groups excluding carboxylic acids is 3. The molecule has 41 heavy (non-hydrogen) atoms. The highest BCUT2D eigenvalue weighted by Gasteiger charge is 2.36. The first kappa shape index (κ1) is 28.3. The van der Waals surface area contributed by atoms with Crippen LogP contribution in [0.3, 0.4) is 0 Å². The lowest BCUT2D eigenvalue weighted by Crippen LogP contribution is -2.60. The lowest BCUT2D eigenvalue weighted by molar-refractivity contribution is -0.145. The fraction of sp³-hybridized carbons (Fsp3) is 0.344. The molecule has 3 aromatic carbocycles. The molecule has 2 heterocycles. The van der Waals surface area contributed by atoms with Gasteiger partial charge in [0, 0.05) is 39.3 Å². The number of piperazine rings is 2. The fourth-order valence-electron chi connectivity index (χ4n) is 5.69. The number of methoxy groups -OCH3 is 1. The van der Waals surface area contributed by atoms with E-state index in [-0.39, 0.29) is 36.7 Å². The van der Waals surface area contributed by atoms with Gasteiger partial charge in [-0.25, -0.2) is 0 Å². The summed E-state index contributed by atoms with van der Waals surface area (Å²) in [7, 11) is 1.53. The zero-order chi connectivity index (χ0) is 28.6. The van der Waals surface area contributed by atoms with E-state index in [0.29, 0.717) is 24.5 Å². The van der Waals surface area contributed by atoms with E-state index in [2.05, 4.69) is 69.0 Å². The van der Waals surface area contributed by atoms with Crippen molar-refractivity contribution >= 4 is 23.4 Å². The second-order valence-electron chi connectivity index (χ2n) is 10.4. The smallest absolute Gasteiger partial charge is 0.243 e. The van der Waals surface area contributed by atoms with E-state index in [1.165, 1.54) is 18.2 Å². The number of rotatable bonds is 9. The average Bonchev–Trinajstić information content (AvgIpc) is 3.00. The number of benzene rings is 3. The van der Waals surface area contributed by atoms with E-state index in [1.807, 2.05) is 18.2 Å². The van der Waals surface area contributed by atoms with E-state index < -0.39 is 6.04 Å². The minimum Gasteiger partial charge on any atom is -0.495 e. The Morgan fingerprint density at radius 1 is 0.878 bits per heavy atom. The molecule has 5 rings (SSSR count). The predicted octanol–water partition coefficient (Wildman–Crippen LogP) is 2.76. The maximum absolute atomic E-state index is 13.5. The topological polar surface area (TPSA) is 94.2 Å². The lowest BCUT2D eigenvalue weighted by Gasteiger charge is -2.41. The number of ether oxygens (including phenoxy) is 1. The third-order valence-corrected chi connectivity index (χ3v) is 7.77. The molecule has 0 aromatic heterocycles. The first-order valence-electron chi connectivity index (χ1n) is 14.1. The van der Waals surface area contributed by atoms with Crippen LogP contribution in [0, 0.1) is 0 Å². The van der Waals surface area contributed by atoms with Crippen LogP contribution >= 0.6 is 0 Å². The van der Waals surface area contributed by atoms with Crippen LogP contribution in [0.5, 0.6) is 5.75 Å². The van der Waals surface area contributed by atoms with Gasteiger partial charge < -0.3 is 20.3 Å². The molecule has 2 fully saturated rings. The van der Waals surface area contributed by atoms with Crippen molar-refractivity contribution in [2.24, 2.45) is 0 Å². The molecular formula is C32H37N5O4. The van der Waals surface area contributed by atoms with Crippen molar-refractivity contribution in [3.63, 3.8) is 0 Å². The molecule has 0 bridgehead atoms. The molecule has 0 spiro atoms. The van der Waals surface area contributed by atoms with Gasteiger partial charge in [-0.05, 0) is 23.3 Å². The maximum atomic E-state index is 13.5. The molecule has 2 N–H and O–H groups in total. The van der Waals surface area contributed by atoms with Crippen molar-refractivity contribution in [1.29, 1.82) is 0 Å². The van der Waals surface area contributed by atoms with E-state index >= 15 is 0 Å². The largest absolute Gasteiger partial charge is 0.495 e. The maximum Gasteiger partial charge on any atom is 0.243 e. The lowest BCUT2D eigenvalue weighted by atomic mass is 9.96. The van der Waals surface area contributed by atoms with Gasteiger partial charge >= 0.3 is 0 Å². The van der Waals surface area contributed by atoms with Gasteiger partial charge in [0.25, 0.3) is 0 Å². The summed E-state index contributed by atoms with van der Waals surface area (Å²) in [6.07, 6.45) is -0.126. The normalized spacial score (nSPS) is 18.1. The third-order valence-electron chi connectivity index (χ3n) is 7.77. The summed E-state index contributed by atoms with van der Waals surface area (Å²) in [6.45, 7) is 4.06. The Bertz CT molecular complexity index is 1290. The summed E-state index contributed by atoms with van der Waals surface area (Å²) in [5, 5.41) is 5.62. The number of nitrogens with zero attached hydrogens (tertiary/aromatic N) is 3. The predicted molar refractivity (Wildman–Crippen MR) is 157 cm³/mol. The second kappa shape index (κ2) is 13.4. The Morgan fingerprint density at radius 2 is 1.49 bits per heavy atom. The molecule has 214 valence electrons. The molecule has 2 aliphatic heterocycles. The third kappa shape index (κ3) is 6.93. The van der Waals surface area contributed by atoms with Crippen LogP contribution in [0.2, 0.25) is 0 Å². The summed E-state index contributed by atoms with van der Waals surface area (Å²) in [5.74, 6) is -0.261. The van der Waals surface area contributed by atoms with E-state index in [4.69, 9.17) is 4.74 Å². The van der Waals surface area contributed by atoms with Gasteiger partial charge in [0.2, 0.25) is 17.7 Å². The van der Waals surface area contributed by atoms with Gasteiger partial charge in [0.1, 0.15) is 11.8 Å². The van der Waals surface area contributed by atoms with Gasteiger partial charge in [-0.2, -0.15) is 0 Å². The molecular weight excluding hydrogens is 518 g/mol. The van der Waals surface area contributed by atoms with E-state index in [9.17, 15) is 14.4 Å². The number of anilines is 1. The van der Waals surface area contributed by atoms with Crippen molar-refractivity contribution < 1.29 is 19.1 Å². The SMILES string of the molecule is COc1ccccc1NC(=O)C[C@H]1C(=O)NCCN1C(=O)CN1CCN(C(c2ccccc2)c2ccccc2)CC1. The number of nitrogens with one attached hydrogen (secondary N) is 2. The molecule has 9 heteroatoms. The van der Waals surface area contributed by atoms with Crippen molar-refractivity contribution in [3.8, 4) is 5.75 Å². The summed E-state index contributed by atoms with van der Waals surface area (Å²) in [5.41, 5.74) is 3.02. The highest BCUT2D eigenvalue weighted by Crippen LogP contribution is 2.29. The average molecular weight is 556 g/mol. The van der Waals surface area contributed by atoms with Crippen LogP contribution in [-0.2, 0) is 14.4 Å². The summed E-state index contributed by atoms with van der Waals surface area (Å²) < 4.78 is 5.31. The zero-order valence-corrected chi connectivity index (χ0v) is 23.4. The second-order valence-corrected chi connectivity index (χ2v) is 10.4. The van der Waals surface area contributed by atoms with Crippen molar-refractivity contribution in [3.05, 3.63) is 96.1 Å². The molecule has 9 nitrogen and oxygen atoms in total. The van der Waals surface area contributed by atoms with Crippen LogP contribution < -0.4 is 15.4 Å². The van der Waals surface area contributed by atoms with Gasteiger partial charge in [-0.3, -0.25) is 24.2 Å². The molecule has 3 aromatic rings. The summed E-state index contributed by atoms with van der Waals surface area (Å²) in [6, 6.07) is 27.4. The number of hydrogen-bond acceptors (Lipinski definition) is 6. The Hall–Kier alpha value is -4.21. The van der Waals surface area contributed by atoms with Crippen LogP contribution in [0.25, 0.3) is 0 Å². The van der Waals surface area contributed by atoms with Crippen molar-refractivity contribution in [1.82, 2.24) is 20.0 Å². The molecule has 0 radical (unpaired) electrons. The highest BCUT2D eigenvalue weighted by atomic mass is 16.5. The van der Waals surface area contributed by atoms with Crippen molar-refractivity contribution in [2.45, 2.75) is 18.5 Å². The molecule has 0 aliphatic carbocycles. The minimum absolute atomic E-state index is 0.126. The molecule has 2 saturated heterocycles. The van der Waals surface area contributed by atoms with Gasteiger partial charge in [0.15, 0.2) is 0 Å². The van der Waals surface area contributed by atoms with Crippen LogP contribution in [-0.4, -0.2) is 91.4 Å². The monoisotopic (exact) mass is 555 g/mol. The first-order valence-corrected chi connectivity index (χ1v) is 14.1. The summed E-state index contributed by atoms with van der Waals surface area (Å²) >= 11 is 0. The standard InChI is InChI=1S/C32H37N5O4/c1-41-28-15-9-8-14-26(28)34-29(38)22-27-32(40)33-16-17-37(27)30(39)23-35-18-20-36(21-19-35)31(24-10-4-2-5-11-24)25-12-6-3-7-13-25/h2-15,27,31H,16-23H2,1H3,(H,33,40)(H,34,38)/t27-/m0/s1. The Morgan fingerprint density at radius 3 is 2.12 bits per heavy atom.